The number of carbonyl (C=O) groups is 1. The van der Waals surface area contributed by atoms with Crippen molar-refractivity contribution in [2.45, 2.75) is 13.0 Å². The smallest absolute Gasteiger partial charge is 0.231 e. The fourth-order valence-electron chi connectivity index (χ4n) is 4.17. The molecule has 0 N–H and O–H groups in total. The summed E-state index contributed by atoms with van der Waals surface area (Å²) in [5.74, 6) is 1.85. The van der Waals surface area contributed by atoms with E-state index in [4.69, 9.17) is 9.47 Å². The molecule has 2 heterocycles. The average molecular weight is 388 g/mol. The highest BCUT2D eigenvalue weighted by molar-refractivity contribution is 5.90. The van der Waals surface area contributed by atoms with Gasteiger partial charge in [-0.3, -0.25) is 9.69 Å². The van der Waals surface area contributed by atoms with E-state index in [9.17, 15) is 4.79 Å². The lowest BCUT2D eigenvalue weighted by Crippen LogP contribution is -2.48. The van der Waals surface area contributed by atoms with Crippen LogP contribution in [0.2, 0.25) is 0 Å². The van der Waals surface area contributed by atoms with Crippen molar-refractivity contribution in [3.63, 3.8) is 0 Å². The number of carbonyl (C=O) groups excluding carboxylic acids is 1. The summed E-state index contributed by atoms with van der Waals surface area (Å²) >= 11 is 0. The van der Waals surface area contributed by atoms with Crippen molar-refractivity contribution in [2.24, 2.45) is 0 Å². The second-order valence-electron chi connectivity index (χ2n) is 7.66. The maximum Gasteiger partial charge on any atom is 0.231 e. The summed E-state index contributed by atoms with van der Waals surface area (Å²) in [5.41, 5.74) is 2.32. The van der Waals surface area contributed by atoms with E-state index in [0.717, 1.165) is 49.8 Å². The van der Waals surface area contributed by atoms with E-state index in [2.05, 4.69) is 41.3 Å². The molecule has 0 spiro atoms. The van der Waals surface area contributed by atoms with Crippen molar-refractivity contribution in [2.75, 3.05) is 33.0 Å². The Hall–Kier alpha value is -3.05. The van der Waals surface area contributed by atoms with Gasteiger partial charge in [0.05, 0.1) is 6.42 Å². The van der Waals surface area contributed by atoms with Gasteiger partial charge in [0, 0.05) is 32.7 Å². The SMILES string of the molecule is O=C(Cc1cccc2ccccc12)N1CCN(Cc2ccc3c(c2)OCO3)CC1. The van der Waals surface area contributed by atoms with E-state index in [1.165, 1.54) is 16.3 Å². The number of rotatable bonds is 4. The van der Waals surface area contributed by atoms with Crippen LogP contribution in [-0.4, -0.2) is 48.7 Å². The molecule has 2 aliphatic rings. The first-order valence-corrected chi connectivity index (χ1v) is 10.1. The number of ether oxygens (including phenoxy) is 2. The zero-order valence-corrected chi connectivity index (χ0v) is 16.3. The summed E-state index contributed by atoms with van der Waals surface area (Å²) in [6.45, 7) is 4.48. The van der Waals surface area contributed by atoms with Crippen LogP contribution in [0, 0.1) is 0 Å². The third kappa shape index (κ3) is 3.78. The number of hydrogen-bond donors (Lipinski definition) is 0. The van der Waals surface area contributed by atoms with Crippen LogP contribution in [0.15, 0.2) is 60.7 Å². The number of hydrogen-bond acceptors (Lipinski definition) is 4. The second kappa shape index (κ2) is 7.76. The van der Waals surface area contributed by atoms with Gasteiger partial charge < -0.3 is 14.4 Å². The van der Waals surface area contributed by atoms with Crippen LogP contribution < -0.4 is 9.47 Å². The van der Waals surface area contributed by atoms with Crippen LogP contribution in [0.5, 0.6) is 11.5 Å². The standard InChI is InChI=1S/C24H24N2O3/c27-24(15-20-6-3-5-19-4-1-2-7-21(19)20)26-12-10-25(11-13-26)16-18-8-9-22-23(14-18)29-17-28-22/h1-9,14H,10-13,15-17H2. The quantitative estimate of drug-likeness (QED) is 0.687. The molecule has 5 rings (SSSR count). The summed E-state index contributed by atoms with van der Waals surface area (Å²) in [6, 6.07) is 20.6. The van der Waals surface area contributed by atoms with Gasteiger partial charge in [-0.1, -0.05) is 48.5 Å². The Kier molecular flexibility index (Phi) is 4.82. The van der Waals surface area contributed by atoms with Crippen molar-refractivity contribution < 1.29 is 14.3 Å². The Bertz CT molecular complexity index is 1040. The van der Waals surface area contributed by atoms with E-state index in [-0.39, 0.29) is 5.91 Å². The van der Waals surface area contributed by atoms with Crippen LogP contribution >= 0.6 is 0 Å². The Balaban J connectivity index is 1.19. The molecule has 148 valence electrons. The van der Waals surface area contributed by atoms with Gasteiger partial charge in [-0.2, -0.15) is 0 Å². The monoisotopic (exact) mass is 388 g/mol. The number of nitrogens with zero attached hydrogens (tertiary/aromatic N) is 2. The van der Waals surface area contributed by atoms with Crippen LogP contribution in [-0.2, 0) is 17.8 Å². The van der Waals surface area contributed by atoms with E-state index in [0.29, 0.717) is 13.2 Å². The first kappa shape index (κ1) is 18.0. The highest BCUT2D eigenvalue weighted by Crippen LogP contribution is 2.32. The number of fused-ring (bicyclic) bond motifs is 2. The summed E-state index contributed by atoms with van der Waals surface area (Å²) in [5, 5.41) is 2.36. The summed E-state index contributed by atoms with van der Waals surface area (Å²) in [4.78, 5) is 17.3. The van der Waals surface area contributed by atoms with Crippen molar-refractivity contribution >= 4 is 16.7 Å². The van der Waals surface area contributed by atoms with Gasteiger partial charge in [-0.05, 0) is 34.0 Å². The number of piperazine rings is 1. The number of benzene rings is 3. The van der Waals surface area contributed by atoms with Crippen LogP contribution in [0.1, 0.15) is 11.1 Å². The normalized spacial score (nSPS) is 16.3. The molecule has 3 aromatic carbocycles. The van der Waals surface area contributed by atoms with Crippen molar-refractivity contribution in [1.82, 2.24) is 9.80 Å². The molecule has 0 aliphatic carbocycles. The minimum absolute atomic E-state index is 0.212. The Labute approximate surface area is 170 Å². The maximum atomic E-state index is 12.9. The molecule has 0 bridgehead atoms. The molecule has 1 saturated heterocycles. The minimum Gasteiger partial charge on any atom is -0.454 e. The predicted octanol–water partition coefficient (Wildman–Crippen LogP) is 3.46. The topological polar surface area (TPSA) is 42.0 Å². The summed E-state index contributed by atoms with van der Waals surface area (Å²) in [7, 11) is 0. The molecular formula is C24H24N2O3. The molecule has 5 nitrogen and oxygen atoms in total. The molecule has 1 amide bonds. The molecule has 5 heteroatoms. The van der Waals surface area contributed by atoms with Gasteiger partial charge >= 0.3 is 0 Å². The summed E-state index contributed by atoms with van der Waals surface area (Å²) < 4.78 is 10.8. The molecule has 2 aliphatic heterocycles. The lowest BCUT2D eigenvalue weighted by atomic mass is 10.0. The van der Waals surface area contributed by atoms with Crippen molar-refractivity contribution in [3.8, 4) is 11.5 Å². The van der Waals surface area contributed by atoms with Crippen LogP contribution in [0.3, 0.4) is 0 Å². The van der Waals surface area contributed by atoms with Gasteiger partial charge in [-0.15, -0.1) is 0 Å². The molecule has 0 atom stereocenters. The van der Waals surface area contributed by atoms with E-state index < -0.39 is 0 Å². The predicted molar refractivity (Wildman–Crippen MR) is 112 cm³/mol. The van der Waals surface area contributed by atoms with E-state index in [1.54, 1.807) is 0 Å². The largest absolute Gasteiger partial charge is 0.454 e. The van der Waals surface area contributed by atoms with Crippen LogP contribution in [0.4, 0.5) is 0 Å². The fraction of sp³-hybridized carbons (Fsp3) is 0.292. The molecular weight excluding hydrogens is 364 g/mol. The first-order valence-electron chi connectivity index (χ1n) is 10.1. The van der Waals surface area contributed by atoms with Gasteiger partial charge in [0.1, 0.15) is 0 Å². The highest BCUT2D eigenvalue weighted by atomic mass is 16.7. The molecule has 0 aromatic heterocycles. The first-order chi connectivity index (χ1) is 14.3. The zero-order chi connectivity index (χ0) is 19.6. The minimum atomic E-state index is 0.212. The van der Waals surface area contributed by atoms with Gasteiger partial charge in [0.15, 0.2) is 11.5 Å². The second-order valence-corrected chi connectivity index (χ2v) is 7.66. The third-order valence-electron chi connectivity index (χ3n) is 5.79. The van der Waals surface area contributed by atoms with E-state index in [1.807, 2.05) is 29.2 Å². The Morgan fingerprint density at radius 2 is 1.66 bits per heavy atom. The molecule has 0 unspecified atom stereocenters. The lowest BCUT2D eigenvalue weighted by molar-refractivity contribution is -0.132. The summed E-state index contributed by atoms with van der Waals surface area (Å²) in [6.07, 6.45) is 0.462. The van der Waals surface area contributed by atoms with Crippen molar-refractivity contribution in [1.29, 1.82) is 0 Å². The molecule has 29 heavy (non-hydrogen) atoms. The fourth-order valence-corrected chi connectivity index (χ4v) is 4.17. The molecule has 0 radical (unpaired) electrons. The molecule has 3 aromatic rings. The van der Waals surface area contributed by atoms with Gasteiger partial charge in [0.2, 0.25) is 12.7 Å². The molecule has 0 saturated carbocycles. The Morgan fingerprint density at radius 3 is 2.55 bits per heavy atom. The third-order valence-corrected chi connectivity index (χ3v) is 5.79. The highest BCUT2D eigenvalue weighted by Gasteiger charge is 2.22. The maximum absolute atomic E-state index is 12.9. The molecule has 1 fully saturated rings. The van der Waals surface area contributed by atoms with Gasteiger partial charge in [0.25, 0.3) is 0 Å². The van der Waals surface area contributed by atoms with E-state index >= 15 is 0 Å². The van der Waals surface area contributed by atoms with Crippen LogP contribution in [0.25, 0.3) is 10.8 Å². The lowest BCUT2D eigenvalue weighted by Gasteiger charge is -2.35. The van der Waals surface area contributed by atoms with Gasteiger partial charge in [-0.25, -0.2) is 0 Å². The zero-order valence-electron chi connectivity index (χ0n) is 16.3. The average Bonchev–Trinajstić information content (AvgIpc) is 3.22. The number of amides is 1. The Morgan fingerprint density at radius 1 is 0.862 bits per heavy atom. The van der Waals surface area contributed by atoms with Crippen molar-refractivity contribution in [3.05, 3.63) is 71.8 Å².